The van der Waals surface area contributed by atoms with E-state index >= 15 is 0 Å². The van der Waals surface area contributed by atoms with E-state index < -0.39 is 0 Å². The van der Waals surface area contributed by atoms with Crippen LogP contribution in [0.3, 0.4) is 0 Å². The van der Waals surface area contributed by atoms with Gasteiger partial charge in [0.05, 0.1) is 25.1 Å². The number of hydrogen-bond acceptors (Lipinski definition) is 8. The van der Waals surface area contributed by atoms with Crippen molar-refractivity contribution in [1.82, 2.24) is 24.5 Å². The summed E-state index contributed by atoms with van der Waals surface area (Å²) in [4.78, 5) is 20.2. The van der Waals surface area contributed by atoms with Gasteiger partial charge in [0.2, 0.25) is 5.95 Å². The number of hydrogen-bond donors (Lipinski definition) is 1. The normalized spacial score (nSPS) is 14.4. The van der Waals surface area contributed by atoms with Gasteiger partial charge in [0.15, 0.2) is 17.0 Å². The average Bonchev–Trinajstić information content (AvgIpc) is 3.24. The molecule has 0 amide bonds. The highest BCUT2D eigenvalue weighted by Crippen LogP contribution is 2.26. The largest absolute Gasteiger partial charge is 0.378 e. The van der Waals surface area contributed by atoms with Crippen LogP contribution in [0.25, 0.3) is 16.9 Å². The summed E-state index contributed by atoms with van der Waals surface area (Å²) in [5.74, 6) is 1.12. The first-order valence-electron chi connectivity index (χ1n) is 10.2. The highest BCUT2D eigenvalue weighted by atomic mass is 35.5. The fraction of sp³-hybridized carbons (Fsp3) is 0.227. The molecule has 32 heavy (non-hydrogen) atoms. The summed E-state index contributed by atoms with van der Waals surface area (Å²) < 4.78 is 7.34. The van der Waals surface area contributed by atoms with Gasteiger partial charge in [-0.1, -0.05) is 41.4 Å². The molecule has 3 aromatic heterocycles. The molecule has 10 heteroatoms. The van der Waals surface area contributed by atoms with Crippen LogP contribution in [0.1, 0.15) is 11.1 Å². The maximum Gasteiger partial charge on any atom is 0.229 e. The van der Waals surface area contributed by atoms with Gasteiger partial charge in [0.25, 0.3) is 0 Å². The summed E-state index contributed by atoms with van der Waals surface area (Å²) >= 11 is 6.10. The number of pyridine rings is 1. The number of nitrogens with zero attached hydrogens (tertiary/aromatic N) is 7. The molecule has 1 saturated heterocycles. The van der Waals surface area contributed by atoms with Crippen LogP contribution in [0, 0.1) is 6.92 Å². The Morgan fingerprint density at radius 1 is 1.12 bits per heavy atom. The summed E-state index contributed by atoms with van der Waals surface area (Å²) in [6.45, 7) is 4.74. The Hall–Kier alpha value is -3.56. The Labute approximate surface area is 189 Å². The van der Waals surface area contributed by atoms with Crippen molar-refractivity contribution in [3.05, 3.63) is 65.2 Å². The van der Waals surface area contributed by atoms with Gasteiger partial charge in [-0.2, -0.15) is 15.1 Å². The van der Waals surface area contributed by atoms with Gasteiger partial charge in [-0.15, -0.1) is 0 Å². The first-order chi connectivity index (χ1) is 15.7. The number of halogens is 1. The van der Waals surface area contributed by atoms with Crippen molar-refractivity contribution in [3.63, 3.8) is 0 Å². The molecule has 0 aliphatic carbocycles. The third-order valence-electron chi connectivity index (χ3n) is 5.09. The van der Waals surface area contributed by atoms with E-state index in [9.17, 15) is 0 Å². The van der Waals surface area contributed by atoms with Gasteiger partial charge in [0.1, 0.15) is 11.5 Å². The van der Waals surface area contributed by atoms with Crippen molar-refractivity contribution in [2.24, 2.45) is 5.10 Å². The molecule has 162 valence electrons. The second-order valence-corrected chi connectivity index (χ2v) is 7.77. The number of rotatable bonds is 5. The number of hydrazone groups is 1. The lowest BCUT2D eigenvalue weighted by Gasteiger charge is -2.27. The van der Waals surface area contributed by atoms with Crippen LogP contribution in [0.15, 0.2) is 54.0 Å². The smallest absolute Gasteiger partial charge is 0.229 e. The number of aromatic nitrogens is 5. The van der Waals surface area contributed by atoms with Crippen LogP contribution in [0.5, 0.6) is 0 Å². The average molecular weight is 449 g/mol. The van der Waals surface area contributed by atoms with Gasteiger partial charge in [-0.05, 0) is 24.6 Å². The van der Waals surface area contributed by atoms with E-state index in [-0.39, 0.29) is 0 Å². The minimum atomic E-state index is 0.396. The number of benzene rings is 1. The van der Waals surface area contributed by atoms with Crippen molar-refractivity contribution in [1.29, 1.82) is 0 Å². The molecule has 1 aliphatic heterocycles. The topological polar surface area (TPSA) is 93.4 Å². The van der Waals surface area contributed by atoms with E-state index in [4.69, 9.17) is 26.3 Å². The van der Waals surface area contributed by atoms with E-state index in [0.717, 1.165) is 11.3 Å². The quantitative estimate of drug-likeness (QED) is 0.284. The van der Waals surface area contributed by atoms with Crippen LogP contribution in [-0.2, 0) is 4.74 Å². The van der Waals surface area contributed by atoms with Crippen LogP contribution >= 0.6 is 11.6 Å². The van der Waals surface area contributed by atoms with E-state index in [0.29, 0.717) is 54.4 Å². The number of ether oxygens (including phenoxy) is 1. The zero-order valence-electron chi connectivity index (χ0n) is 17.4. The third kappa shape index (κ3) is 4.25. The fourth-order valence-corrected chi connectivity index (χ4v) is 3.69. The molecule has 4 heterocycles. The summed E-state index contributed by atoms with van der Waals surface area (Å²) in [5, 5.41) is 4.79. The summed E-state index contributed by atoms with van der Waals surface area (Å²) in [6, 6.07) is 11.7. The minimum absolute atomic E-state index is 0.396. The summed E-state index contributed by atoms with van der Waals surface area (Å²) in [5.41, 5.74) is 7.29. The highest BCUT2D eigenvalue weighted by Gasteiger charge is 2.19. The van der Waals surface area contributed by atoms with Crippen LogP contribution in [-0.4, -0.2) is 57.0 Å². The van der Waals surface area contributed by atoms with Crippen molar-refractivity contribution in [2.75, 3.05) is 36.6 Å². The molecule has 1 aliphatic rings. The lowest BCUT2D eigenvalue weighted by molar-refractivity contribution is 0.122. The zero-order chi connectivity index (χ0) is 21.9. The first kappa shape index (κ1) is 20.3. The molecule has 1 aromatic carbocycles. The maximum absolute atomic E-state index is 6.10. The monoisotopic (exact) mass is 448 g/mol. The van der Waals surface area contributed by atoms with E-state index in [1.807, 2.05) is 35.8 Å². The Morgan fingerprint density at radius 2 is 2.00 bits per heavy atom. The Morgan fingerprint density at radius 3 is 2.81 bits per heavy atom. The number of nitrogens with one attached hydrogen (secondary N) is 1. The standard InChI is InChI=1S/C22H21ClN8O/c1-15-3-2-4-16(11-15)13-26-29-20-19-21(28-22(27-20)30-7-9-32-10-8-30)31(14-25-19)17-5-6-24-18(23)12-17/h2-6,11-14H,7-10H2,1H3,(H,27,28,29). The van der Waals surface area contributed by atoms with Crippen molar-refractivity contribution < 1.29 is 4.74 Å². The maximum atomic E-state index is 6.10. The molecular formula is C22H21ClN8O. The van der Waals surface area contributed by atoms with Gasteiger partial charge in [-0.25, -0.2) is 9.97 Å². The molecule has 4 aromatic rings. The molecule has 0 saturated carbocycles. The molecule has 1 fully saturated rings. The fourth-order valence-electron chi connectivity index (χ4n) is 3.52. The second-order valence-electron chi connectivity index (χ2n) is 7.38. The van der Waals surface area contributed by atoms with Gasteiger partial charge < -0.3 is 9.64 Å². The van der Waals surface area contributed by atoms with Crippen LogP contribution in [0.2, 0.25) is 5.15 Å². The second kappa shape index (κ2) is 8.89. The predicted molar refractivity (Wildman–Crippen MR) is 125 cm³/mol. The summed E-state index contributed by atoms with van der Waals surface area (Å²) in [6.07, 6.45) is 5.11. The Kier molecular flexibility index (Phi) is 5.66. The number of fused-ring (bicyclic) bond motifs is 1. The molecule has 0 bridgehead atoms. The lowest BCUT2D eigenvalue weighted by atomic mass is 10.2. The molecular weight excluding hydrogens is 428 g/mol. The van der Waals surface area contributed by atoms with Gasteiger partial charge in [0, 0.05) is 19.3 Å². The Bertz CT molecular complexity index is 1280. The number of imidazole rings is 1. The van der Waals surface area contributed by atoms with Gasteiger partial charge >= 0.3 is 0 Å². The lowest BCUT2D eigenvalue weighted by Crippen LogP contribution is -2.37. The highest BCUT2D eigenvalue weighted by molar-refractivity contribution is 6.29. The van der Waals surface area contributed by atoms with Crippen LogP contribution in [0.4, 0.5) is 11.8 Å². The number of aryl methyl sites for hydroxylation is 1. The third-order valence-corrected chi connectivity index (χ3v) is 5.30. The number of morpholine rings is 1. The SMILES string of the molecule is Cc1cccc(C=NNc2nc(N3CCOCC3)nc3c2ncn3-c2ccnc(Cl)c2)c1. The molecule has 1 N–H and O–H groups in total. The predicted octanol–water partition coefficient (Wildman–Crippen LogP) is 3.45. The van der Waals surface area contributed by atoms with E-state index in [2.05, 4.69) is 31.5 Å². The van der Waals surface area contributed by atoms with E-state index in [1.54, 1.807) is 24.8 Å². The number of anilines is 2. The summed E-state index contributed by atoms with van der Waals surface area (Å²) in [7, 11) is 0. The van der Waals surface area contributed by atoms with Crippen molar-refractivity contribution in [2.45, 2.75) is 6.92 Å². The molecule has 5 rings (SSSR count). The minimum Gasteiger partial charge on any atom is -0.378 e. The zero-order valence-corrected chi connectivity index (χ0v) is 18.2. The molecule has 0 atom stereocenters. The van der Waals surface area contributed by atoms with Gasteiger partial charge in [-0.3, -0.25) is 9.99 Å². The molecule has 9 nitrogen and oxygen atoms in total. The molecule has 0 spiro atoms. The molecule has 0 radical (unpaired) electrons. The first-order valence-corrected chi connectivity index (χ1v) is 10.6. The Balaban J connectivity index is 1.55. The van der Waals surface area contributed by atoms with E-state index in [1.165, 1.54) is 5.56 Å². The van der Waals surface area contributed by atoms with Crippen LogP contribution < -0.4 is 10.3 Å². The van der Waals surface area contributed by atoms with Crippen molar-refractivity contribution >= 4 is 40.7 Å². The van der Waals surface area contributed by atoms with Crippen molar-refractivity contribution in [3.8, 4) is 5.69 Å². The molecule has 0 unspecified atom stereocenters.